The molecular weight excluding hydrogens is 250 g/mol. The van der Waals surface area contributed by atoms with Gasteiger partial charge in [-0.2, -0.15) is 4.98 Å². The Morgan fingerprint density at radius 1 is 1.40 bits per heavy atom. The fraction of sp³-hybridized carbons (Fsp3) is 0.733. The minimum atomic E-state index is 0.656. The van der Waals surface area contributed by atoms with Gasteiger partial charge in [0.15, 0.2) is 0 Å². The van der Waals surface area contributed by atoms with Gasteiger partial charge in [-0.05, 0) is 45.2 Å². The van der Waals surface area contributed by atoms with E-state index in [-0.39, 0.29) is 0 Å². The van der Waals surface area contributed by atoms with E-state index in [1.165, 1.54) is 19.5 Å². The highest BCUT2D eigenvalue weighted by atomic mass is 15.2. The van der Waals surface area contributed by atoms with Crippen LogP contribution < -0.4 is 10.6 Å². The van der Waals surface area contributed by atoms with Crippen molar-refractivity contribution in [3.63, 3.8) is 0 Å². The van der Waals surface area contributed by atoms with Crippen molar-refractivity contribution in [3.8, 4) is 0 Å². The van der Waals surface area contributed by atoms with Gasteiger partial charge in [0.25, 0.3) is 0 Å². The molecule has 0 aromatic carbocycles. The number of hydrogen-bond acceptors (Lipinski definition) is 5. The van der Waals surface area contributed by atoms with Crippen molar-refractivity contribution in [2.24, 2.45) is 5.92 Å². The summed E-state index contributed by atoms with van der Waals surface area (Å²) in [4.78, 5) is 11.2. The molecule has 1 aliphatic rings. The number of rotatable bonds is 7. The first kappa shape index (κ1) is 15.0. The Balaban J connectivity index is 1.79. The molecule has 1 atom stereocenters. The Hall–Kier alpha value is -1.36. The van der Waals surface area contributed by atoms with Gasteiger partial charge in [0.05, 0.1) is 0 Å². The van der Waals surface area contributed by atoms with Gasteiger partial charge >= 0.3 is 0 Å². The van der Waals surface area contributed by atoms with Crippen molar-refractivity contribution >= 4 is 11.8 Å². The Labute approximate surface area is 122 Å². The van der Waals surface area contributed by atoms with E-state index >= 15 is 0 Å². The molecule has 2 N–H and O–H groups in total. The smallest absolute Gasteiger partial charge is 0.224 e. The zero-order chi connectivity index (χ0) is 14.4. The number of nitrogens with zero attached hydrogens (tertiary/aromatic N) is 3. The average Bonchev–Trinajstić information content (AvgIpc) is 2.92. The van der Waals surface area contributed by atoms with E-state index in [1.54, 1.807) is 0 Å². The van der Waals surface area contributed by atoms with Crippen molar-refractivity contribution in [2.45, 2.75) is 39.7 Å². The molecule has 0 radical (unpaired) electrons. The predicted molar refractivity (Wildman–Crippen MR) is 84.1 cm³/mol. The lowest BCUT2D eigenvalue weighted by atomic mass is 10.1. The van der Waals surface area contributed by atoms with Crippen LogP contribution >= 0.6 is 0 Å². The Morgan fingerprint density at radius 3 is 2.95 bits per heavy atom. The summed E-state index contributed by atoms with van der Waals surface area (Å²) in [5.41, 5.74) is 0. The standard InChI is InChI=1S/C15H27N5/c1-4-7-16-15-17-8-5-14(19-15)18-10-13-6-9-20(11-13)12(2)3/h5,8,12-13H,4,6-7,9-11H2,1-3H3,(H2,16,17,18,19). The molecule has 0 spiro atoms. The van der Waals surface area contributed by atoms with Crippen LogP contribution in [0.3, 0.4) is 0 Å². The fourth-order valence-electron chi connectivity index (χ4n) is 2.53. The van der Waals surface area contributed by atoms with Gasteiger partial charge in [0, 0.05) is 31.9 Å². The van der Waals surface area contributed by atoms with E-state index in [1.807, 2.05) is 12.3 Å². The molecule has 0 amide bonds. The lowest BCUT2D eigenvalue weighted by molar-refractivity contribution is 0.266. The maximum absolute atomic E-state index is 4.48. The number of likely N-dealkylation sites (tertiary alicyclic amines) is 1. The summed E-state index contributed by atoms with van der Waals surface area (Å²) >= 11 is 0. The second-order valence-corrected chi connectivity index (χ2v) is 5.82. The quantitative estimate of drug-likeness (QED) is 0.802. The van der Waals surface area contributed by atoms with Crippen molar-refractivity contribution < 1.29 is 0 Å². The minimum absolute atomic E-state index is 0.656. The van der Waals surface area contributed by atoms with E-state index in [9.17, 15) is 0 Å². The molecule has 20 heavy (non-hydrogen) atoms. The third-order valence-corrected chi connectivity index (χ3v) is 3.81. The Kier molecular flexibility index (Phi) is 5.59. The second kappa shape index (κ2) is 7.43. The van der Waals surface area contributed by atoms with Crippen LogP contribution in [0.5, 0.6) is 0 Å². The summed E-state index contributed by atoms with van der Waals surface area (Å²) in [7, 11) is 0. The Morgan fingerprint density at radius 2 is 2.25 bits per heavy atom. The third kappa shape index (κ3) is 4.34. The van der Waals surface area contributed by atoms with Crippen molar-refractivity contribution in [2.75, 3.05) is 36.8 Å². The van der Waals surface area contributed by atoms with Gasteiger partial charge in [-0.3, -0.25) is 0 Å². The molecule has 1 aromatic rings. The molecule has 1 fully saturated rings. The summed E-state index contributed by atoms with van der Waals surface area (Å²) in [5.74, 6) is 2.35. The van der Waals surface area contributed by atoms with E-state index < -0.39 is 0 Å². The molecule has 0 bridgehead atoms. The maximum atomic E-state index is 4.48. The largest absolute Gasteiger partial charge is 0.370 e. The summed E-state index contributed by atoms with van der Waals surface area (Å²) in [6.45, 7) is 11.0. The van der Waals surface area contributed by atoms with Crippen LogP contribution in [0.25, 0.3) is 0 Å². The van der Waals surface area contributed by atoms with Crippen LogP contribution in [0.15, 0.2) is 12.3 Å². The SMILES string of the molecule is CCCNc1nccc(NCC2CCN(C(C)C)C2)n1. The highest BCUT2D eigenvalue weighted by molar-refractivity contribution is 5.39. The van der Waals surface area contributed by atoms with Gasteiger partial charge < -0.3 is 15.5 Å². The number of anilines is 2. The van der Waals surface area contributed by atoms with Gasteiger partial charge in [0.1, 0.15) is 5.82 Å². The van der Waals surface area contributed by atoms with Crippen LogP contribution in [0, 0.1) is 5.92 Å². The molecule has 0 saturated carbocycles. The van der Waals surface area contributed by atoms with E-state index in [4.69, 9.17) is 0 Å². The minimum Gasteiger partial charge on any atom is -0.370 e. The molecule has 1 aliphatic heterocycles. The zero-order valence-electron chi connectivity index (χ0n) is 12.9. The molecule has 5 heteroatoms. The molecule has 5 nitrogen and oxygen atoms in total. The first-order valence-electron chi connectivity index (χ1n) is 7.74. The van der Waals surface area contributed by atoms with Crippen LogP contribution in [0.1, 0.15) is 33.6 Å². The van der Waals surface area contributed by atoms with Gasteiger partial charge in [0.2, 0.25) is 5.95 Å². The van der Waals surface area contributed by atoms with Gasteiger partial charge in [-0.15, -0.1) is 0 Å². The monoisotopic (exact) mass is 277 g/mol. The number of hydrogen-bond donors (Lipinski definition) is 2. The summed E-state index contributed by atoms with van der Waals surface area (Å²) in [6, 6.07) is 2.59. The van der Waals surface area contributed by atoms with Crippen LogP contribution in [0.2, 0.25) is 0 Å². The molecule has 1 unspecified atom stereocenters. The molecule has 1 saturated heterocycles. The molecule has 1 aromatic heterocycles. The van der Waals surface area contributed by atoms with Crippen LogP contribution in [-0.2, 0) is 0 Å². The molecule has 2 rings (SSSR count). The lowest BCUT2D eigenvalue weighted by Crippen LogP contribution is -2.29. The van der Waals surface area contributed by atoms with E-state index in [0.29, 0.717) is 12.0 Å². The van der Waals surface area contributed by atoms with E-state index in [0.717, 1.165) is 31.2 Å². The van der Waals surface area contributed by atoms with Gasteiger partial charge in [-0.1, -0.05) is 6.92 Å². The van der Waals surface area contributed by atoms with Crippen molar-refractivity contribution in [1.82, 2.24) is 14.9 Å². The van der Waals surface area contributed by atoms with Gasteiger partial charge in [-0.25, -0.2) is 4.98 Å². The fourth-order valence-corrected chi connectivity index (χ4v) is 2.53. The maximum Gasteiger partial charge on any atom is 0.224 e. The summed E-state index contributed by atoms with van der Waals surface area (Å²) in [5, 5.41) is 6.66. The number of nitrogens with one attached hydrogen (secondary N) is 2. The molecule has 0 aliphatic carbocycles. The topological polar surface area (TPSA) is 53.1 Å². The Bertz CT molecular complexity index is 407. The zero-order valence-corrected chi connectivity index (χ0v) is 12.9. The van der Waals surface area contributed by atoms with E-state index in [2.05, 4.69) is 46.3 Å². The summed E-state index contributed by atoms with van der Waals surface area (Å²) in [6.07, 6.45) is 4.16. The van der Waals surface area contributed by atoms with Crippen molar-refractivity contribution in [1.29, 1.82) is 0 Å². The number of aromatic nitrogens is 2. The molecule has 112 valence electrons. The highest BCUT2D eigenvalue weighted by Gasteiger charge is 2.23. The first-order chi connectivity index (χ1) is 9.69. The normalized spacial score (nSPS) is 19.5. The summed E-state index contributed by atoms with van der Waals surface area (Å²) < 4.78 is 0. The average molecular weight is 277 g/mol. The molecule has 2 heterocycles. The van der Waals surface area contributed by atoms with Crippen LogP contribution in [-0.4, -0.2) is 47.1 Å². The molecular formula is C15H27N5. The second-order valence-electron chi connectivity index (χ2n) is 5.82. The van der Waals surface area contributed by atoms with Crippen LogP contribution in [0.4, 0.5) is 11.8 Å². The third-order valence-electron chi connectivity index (χ3n) is 3.81. The lowest BCUT2D eigenvalue weighted by Gasteiger charge is -2.20. The predicted octanol–water partition coefficient (Wildman–Crippen LogP) is 2.44. The van der Waals surface area contributed by atoms with Crippen molar-refractivity contribution in [3.05, 3.63) is 12.3 Å². The first-order valence-corrected chi connectivity index (χ1v) is 7.74. The highest BCUT2D eigenvalue weighted by Crippen LogP contribution is 2.19.